The summed E-state index contributed by atoms with van der Waals surface area (Å²) in [7, 11) is 0. The fraction of sp³-hybridized carbons (Fsp3) is 0.333. The summed E-state index contributed by atoms with van der Waals surface area (Å²) in [5.41, 5.74) is 4.91. The van der Waals surface area contributed by atoms with Crippen LogP contribution >= 0.6 is 0 Å². The second-order valence-corrected chi connectivity index (χ2v) is 2.47. The van der Waals surface area contributed by atoms with Crippen LogP contribution in [0.15, 0.2) is 6.20 Å². The molecule has 0 fully saturated rings. The molecule has 0 atom stereocenters. The van der Waals surface area contributed by atoms with Gasteiger partial charge in [-0.2, -0.15) is 0 Å². The number of aryl methyl sites for hydroxylation is 1. The Morgan fingerprint density at radius 2 is 2.46 bits per heavy atom. The van der Waals surface area contributed by atoms with E-state index in [1.165, 1.54) is 0 Å². The highest BCUT2D eigenvalue weighted by Gasteiger charge is 2.18. The highest BCUT2D eigenvalue weighted by molar-refractivity contribution is 5.73. The Balaban J connectivity index is 3.08. The zero-order valence-electron chi connectivity index (χ0n) is 6.93. The van der Waals surface area contributed by atoms with Gasteiger partial charge < -0.3 is 15.8 Å². The van der Waals surface area contributed by atoms with Crippen molar-refractivity contribution in [1.29, 1.82) is 0 Å². The summed E-state index contributed by atoms with van der Waals surface area (Å²) < 4.78 is 1.16. The predicted molar refractivity (Wildman–Crippen MR) is 42.8 cm³/mol. The quantitative estimate of drug-likeness (QED) is 0.509. The molecule has 0 aliphatic rings. The van der Waals surface area contributed by atoms with Gasteiger partial charge >= 0.3 is 5.82 Å². The van der Waals surface area contributed by atoms with Crippen LogP contribution in [0.1, 0.15) is 5.82 Å². The molecule has 0 saturated heterocycles. The van der Waals surface area contributed by atoms with Crippen LogP contribution in [0.3, 0.4) is 0 Å². The lowest BCUT2D eigenvalue weighted by Gasteiger charge is -1.98. The molecule has 0 bridgehead atoms. The average molecular weight is 184 g/mol. The summed E-state index contributed by atoms with van der Waals surface area (Å²) in [6.07, 6.45) is 1.10. The number of hydrogen-bond acceptors (Lipinski definition) is 4. The van der Waals surface area contributed by atoms with Gasteiger partial charge in [0.1, 0.15) is 6.20 Å². The molecule has 0 saturated carbocycles. The molecule has 7 nitrogen and oxygen atoms in total. The number of rotatable bonds is 3. The van der Waals surface area contributed by atoms with E-state index in [-0.39, 0.29) is 12.4 Å². The summed E-state index contributed by atoms with van der Waals surface area (Å²) in [5, 5.41) is 10.4. The topological polar surface area (TPSA) is 104 Å². The molecule has 70 valence electrons. The third-order valence-electron chi connectivity index (χ3n) is 1.54. The molecule has 0 aromatic carbocycles. The smallest absolute Gasteiger partial charge is 0.343 e. The van der Waals surface area contributed by atoms with Gasteiger partial charge in [0.15, 0.2) is 12.4 Å². The maximum absolute atomic E-state index is 10.5. The molecule has 1 amide bonds. The van der Waals surface area contributed by atoms with E-state index in [1.54, 1.807) is 6.92 Å². The van der Waals surface area contributed by atoms with E-state index < -0.39 is 10.8 Å². The summed E-state index contributed by atoms with van der Waals surface area (Å²) >= 11 is 0. The standard InChI is InChI=1S/C6H8N4O3/c1-4-8-2-6(10(12)13)9(4)3-5(7)11/h2H,3H2,1H3,(H2,7,11). The molecular formula is C6H8N4O3. The average Bonchev–Trinajstić information content (AvgIpc) is 2.32. The Hall–Kier alpha value is -1.92. The lowest BCUT2D eigenvalue weighted by Crippen LogP contribution is -2.20. The van der Waals surface area contributed by atoms with Crippen LogP contribution in [-0.2, 0) is 11.3 Å². The Kier molecular flexibility index (Phi) is 2.27. The minimum absolute atomic E-state index is 0.220. The number of carbonyl (C=O) groups excluding carboxylic acids is 1. The molecular weight excluding hydrogens is 176 g/mol. The maximum Gasteiger partial charge on any atom is 0.343 e. The number of hydrogen-bond donors (Lipinski definition) is 1. The predicted octanol–water partition coefficient (Wildman–Crippen LogP) is -0.415. The van der Waals surface area contributed by atoms with Crippen LogP contribution in [0.25, 0.3) is 0 Å². The SMILES string of the molecule is Cc1ncc([N+](=O)[O-])n1CC(N)=O. The van der Waals surface area contributed by atoms with E-state index in [9.17, 15) is 14.9 Å². The number of imidazole rings is 1. The number of nitro groups is 1. The lowest BCUT2D eigenvalue weighted by molar-refractivity contribution is -0.392. The summed E-state index contributed by atoms with van der Waals surface area (Å²) in [4.78, 5) is 24.1. The Morgan fingerprint density at radius 3 is 2.92 bits per heavy atom. The van der Waals surface area contributed by atoms with Gasteiger partial charge in [-0.05, 0) is 4.92 Å². The van der Waals surface area contributed by atoms with Crippen molar-refractivity contribution in [3.63, 3.8) is 0 Å². The lowest BCUT2D eigenvalue weighted by atomic mass is 10.5. The summed E-state index contributed by atoms with van der Waals surface area (Å²) in [6, 6.07) is 0. The second-order valence-electron chi connectivity index (χ2n) is 2.47. The van der Waals surface area contributed by atoms with E-state index in [4.69, 9.17) is 5.73 Å². The van der Waals surface area contributed by atoms with Crippen molar-refractivity contribution in [1.82, 2.24) is 9.55 Å². The third kappa shape index (κ3) is 1.81. The molecule has 0 spiro atoms. The molecule has 7 heteroatoms. The summed E-state index contributed by atoms with van der Waals surface area (Å²) in [6.45, 7) is 1.35. The van der Waals surface area contributed by atoms with Crippen molar-refractivity contribution < 1.29 is 9.72 Å². The number of nitrogens with zero attached hydrogens (tertiary/aromatic N) is 3. The van der Waals surface area contributed by atoms with Gasteiger partial charge in [0.25, 0.3) is 5.91 Å². The van der Waals surface area contributed by atoms with E-state index in [2.05, 4.69) is 4.98 Å². The molecule has 1 aromatic rings. The van der Waals surface area contributed by atoms with E-state index in [0.29, 0.717) is 5.82 Å². The first kappa shape index (κ1) is 9.17. The number of carbonyl (C=O) groups is 1. The van der Waals surface area contributed by atoms with Crippen molar-refractivity contribution in [2.24, 2.45) is 5.73 Å². The molecule has 1 rings (SSSR count). The van der Waals surface area contributed by atoms with Gasteiger partial charge in [0.2, 0.25) is 0 Å². The van der Waals surface area contributed by atoms with Crippen LogP contribution in [0, 0.1) is 17.0 Å². The van der Waals surface area contributed by atoms with E-state index in [0.717, 1.165) is 10.8 Å². The summed E-state index contributed by atoms with van der Waals surface area (Å²) in [5.74, 6) is -0.467. The first-order valence-corrected chi connectivity index (χ1v) is 3.47. The molecule has 0 aliphatic heterocycles. The zero-order chi connectivity index (χ0) is 10.0. The van der Waals surface area contributed by atoms with Gasteiger partial charge in [-0.1, -0.05) is 0 Å². The first-order chi connectivity index (χ1) is 6.02. The van der Waals surface area contributed by atoms with Gasteiger partial charge in [0.05, 0.1) is 0 Å². The molecule has 2 N–H and O–H groups in total. The monoisotopic (exact) mass is 184 g/mol. The minimum Gasteiger partial charge on any atom is -0.366 e. The number of aromatic nitrogens is 2. The van der Waals surface area contributed by atoms with Crippen molar-refractivity contribution in [3.05, 3.63) is 22.1 Å². The van der Waals surface area contributed by atoms with Crippen LogP contribution in [-0.4, -0.2) is 20.4 Å². The van der Waals surface area contributed by atoms with Crippen molar-refractivity contribution in [2.75, 3.05) is 0 Å². The number of amides is 1. The van der Waals surface area contributed by atoms with Crippen LogP contribution in [0.4, 0.5) is 5.82 Å². The van der Waals surface area contributed by atoms with Crippen LogP contribution in [0.5, 0.6) is 0 Å². The fourth-order valence-corrected chi connectivity index (χ4v) is 0.953. The normalized spacial score (nSPS) is 9.92. The van der Waals surface area contributed by atoms with Crippen LogP contribution < -0.4 is 5.73 Å². The molecule has 0 radical (unpaired) electrons. The van der Waals surface area contributed by atoms with E-state index in [1.807, 2.05) is 0 Å². The number of nitrogens with two attached hydrogens (primary N) is 1. The first-order valence-electron chi connectivity index (χ1n) is 3.47. The highest BCUT2D eigenvalue weighted by Crippen LogP contribution is 2.12. The van der Waals surface area contributed by atoms with Gasteiger partial charge in [-0.25, -0.2) is 9.55 Å². The highest BCUT2D eigenvalue weighted by atomic mass is 16.6. The second kappa shape index (κ2) is 3.21. The van der Waals surface area contributed by atoms with Crippen LogP contribution in [0.2, 0.25) is 0 Å². The number of primary amides is 1. The van der Waals surface area contributed by atoms with Crippen molar-refractivity contribution in [3.8, 4) is 0 Å². The van der Waals surface area contributed by atoms with Gasteiger partial charge in [-0.15, -0.1) is 0 Å². The molecule has 0 unspecified atom stereocenters. The van der Waals surface area contributed by atoms with Crippen molar-refractivity contribution in [2.45, 2.75) is 13.5 Å². The van der Waals surface area contributed by atoms with Gasteiger partial charge in [-0.3, -0.25) is 4.79 Å². The Morgan fingerprint density at radius 1 is 1.85 bits per heavy atom. The minimum atomic E-state index is -0.635. The van der Waals surface area contributed by atoms with Crippen molar-refractivity contribution >= 4 is 11.7 Å². The maximum atomic E-state index is 10.5. The molecule has 13 heavy (non-hydrogen) atoms. The Labute approximate surface area is 73.3 Å². The molecule has 0 aliphatic carbocycles. The third-order valence-corrected chi connectivity index (χ3v) is 1.54. The zero-order valence-corrected chi connectivity index (χ0v) is 6.93. The Bertz CT molecular complexity index is 357. The largest absolute Gasteiger partial charge is 0.366 e. The fourth-order valence-electron chi connectivity index (χ4n) is 0.953. The molecule has 1 aromatic heterocycles. The van der Waals surface area contributed by atoms with Gasteiger partial charge in [0, 0.05) is 6.92 Å². The van der Waals surface area contributed by atoms with E-state index >= 15 is 0 Å². The molecule has 1 heterocycles.